The smallest absolute Gasteiger partial charge is 0.254 e. The number of carbonyl (C=O) groups is 1. The topological polar surface area (TPSA) is 38.1 Å². The highest BCUT2D eigenvalue weighted by molar-refractivity contribution is 5.94. The number of nitrogens with zero attached hydrogens (tertiary/aromatic N) is 3. The maximum absolute atomic E-state index is 12.9. The molecule has 1 aromatic heterocycles. The van der Waals surface area contributed by atoms with Crippen LogP contribution in [0, 0.1) is 0 Å². The van der Waals surface area contributed by atoms with Crippen LogP contribution < -0.4 is 0 Å². The van der Waals surface area contributed by atoms with Crippen LogP contribution in [0.15, 0.2) is 73.3 Å². The fourth-order valence-corrected chi connectivity index (χ4v) is 3.39. The molecule has 1 aliphatic rings. The normalized spacial score (nSPS) is 17.2. The Morgan fingerprint density at radius 2 is 1.83 bits per heavy atom. The first-order valence-electron chi connectivity index (χ1n) is 8.27. The van der Waals surface area contributed by atoms with E-state index >= 15 is 0 Å². The Morgan fingerprint density at radius 3 is 2.54 bits per heavy atom. The molecule has 0 bridgehead atoms. The Kier molecular flexibility index (Phi) is 3.87. The predicted molar refractivity (Wildman–Crippen MR) is 93.0 cm³/mol. The summed E-state index contributed by atoms with van der Waals surface area (Å²) in [6.45, 7) is 0.821. The van der Waals surface area contributed by atoms with E-state index in [4.69, 9.17) is 0 Å². The minimum absolute atomic E-state index is 0.110. The van der Waals surface area contributed by atoms with Gasteiger partial charge in [0.2, 0.25) is 0 Å². The average Bonchev–Trinajstić information content (AvgIpc) is 3.34. The number of rotatable bonds is 3. The zero-order chi connectivity index (χ0) is 16.4. The Balaban J connectivity index is 1.56. The molecule has 24 heavy (non-hydrogen) atoms. The monoisotopic (exact) mass is 317 g/mol. The molecule has 0 radical (unpaired) electrons. The van der Waals surface area contributed by atoms with E-state index in [-0.39, 0.29) is 11.9 Å². The molecule has 120 valence electrons. The van der Waals surface area contributed by atoms with Crippen LogP contribution in [0.4, 0.5) is 0 Å². The Bertz CT molecular complexity index is 810. The number of amides is 1. The van der Waals surface area contributed by atoms with E-state index in [0.29, 0.717) is 0 Å². The quantitative estimate of drug-likeness (QED) is 0.736. The van der Waals surface area contributed by atoms with E-state index in [1.807, 2.05) is 58.1 Å². The highest BCUT2D eigenvalue weighted by Crippen LogP contribution is 2.33. The molecule has 2 aromatic carbocycles. The second kappa shape index (κ2) is 6.32. The molecule has 0 N–H and O–H groups in total. The van der Waals surface area contributed by atoms with Crippen LogP contribution in [-0.4, -0.2) is 26.9 Å². The van der Waals surface area contributed by atoms with Crippen LogP contribution in [-0.2, 0) is 0 Å². The second-order valence-electron chi connectivity index (χ2n) is 6.08. The molecule has 3 aromatic rings. The zero-order valence-electron chi connectivity index (χ0n) is 13.4. The van der Waals surface area contributed by atoms with Gasteiger partial charge in [0, 0.05) is 30.2 Å². The maximum atomic E-state index is 12.9. The number of carbonyl (C=O) groups excluding carboxylic acids is 1. The summed E-state index contributed by atoms with van der Waals surface area (Å²) >= 11 is 0. The summed E-state index contributed by atoms with van der Waals surface area (Å²) in [7, 11) is 0. The third-order valence-corrected chi connectivity index (χ3v) is 4.61. The van der Waals surface area contributed by atoms with Crippen molar-refractivity contribution in [3.63, 3.8) is 0 Å². The van der Waals surface area contributed by atoms with Crippen molar-refractivity contribution in [1.29, 1.82) is 0 Å². The van der Waals surface area contributed by atoms with Crippen molar-refractivity contribution in [1.82, 2.24) is 14.5 Å². The minimum atomic E-state index is 0.110. The molecule has 1 amide bonds. The lowest BCUT2D eigenvalue weighted by Crippen LogP contribution is -2.30. The van der Waals surface area contributed by atoms with Crippen molar-refractivity contribution >= 4 is 5.91 Å². The van der Waals surface area contributed by atoms with Gasteiger partial charge in [-0.3, -0.25) is 4.79 Å². The SMILES string of the molecule is O=C(c1ccc(-n2ccnc2)cc1)N1CCCC1c1ccccc1. The zero-order valence-corrected chi connectivity index (χ0v) is 13.4. The molecule has 0 saturated carbocycles. The maximum Gasteiger partial charge on any atom is 0.254 e. The van der Waals surface area contributed by atoms with Crippen LogP contribution in [0.1, 0.15) is 34.8 Å². The van der Waals surface area contributed by atoms with E-state index in [1.165, 1.54) is 5.56 Å². The van der Waals surface area contributed by atoms with Gasteiger partial charge in [-0.05, 0) is 42.7 Å². The largest absolute Gasteiger partial charge is 0.332 e. The van der Waals surface area contributed by atoms with Gasteiger partial charge in [-0.1, -0.05) is 30.3 Å². The van der Waals surface area contributed by atoms with Gasteiger partial charge in [0.1, 0.15) is 0 Å². The van der Waals surface area contributed by atoms with Gasteiger partial charge in [-0.2, -0.15) is 0 Å². The van der Waals surface area contributed by atoms with E-state index < -0.39 is 0 Å². The third kappa shape index (κ3) is 2.71. The Morgan fingerprint density at radius 1 is 1.04 bits per heavy atom. The van der Waals surface area contributed by atoms with E-state index in [9.17, 15) is 4.79 Å². The van der Waals surface area contributed by atoms with Crippen molar-refractivity contribution in [3.8, 4) is 5.69 Å². The lowest BCUT2D eigenvalue weighted by atomic mass is 10.0. The first-order chi connectivity index (χ1) is 11.8. The van der Waals surface area contributed by atoms with E-state index in [2.05, 4.69) is 17.1 Å². The van der Waals surface area contributed by atoms with Gasteiger partial charge in [0.25, 0.3) is 5.91 Å². The summed E-state index contributed by atoms with van der Waals surface area (Å²) < 4.78 is 1.93. The van der Waals surface area contributed by atoms with Crippen LogP contribution in [0.3, 0.4) is 0 Å². The summed E-state index contributed by atoms with van der Waals surface area (Å²) in [5, 5.41) is 0. The number of benzene rings is 2. The lowest BCUT2D eigenvalue weighted by molar-refractivity contribution is 0.0735. The van der Waals surface area contributed by atoms with Gasteiger partial charge in [0.15, 0.2) is 0 Å². The summed E-state index contributed by atoms with van der Waals surface area (Å²) in [4.78, 5) is 19.0. The number of hydrogen-bond donors (Lipinski definition) is 0. The Labute approximate surface area is 141 Å². The molecule has 4 rings (SSSR count). The summed E-state index contributed by atoms with van der Waals surface area (Å²) in [6.07, 6.45) is 7.47. The van der Waals surface area contributed by atoms with Gasteiger partial charge in [-0.15, -0.1) is 0 Å². The van der Waals surface area contributed by atoms with Gasteiger partial charge in [-0.25, -0.2) is 4.98 Å². The number of imidazole rings is 1. The summed E-state index contributed by atoms with van der Waals surface area (Å²) in [6, 6.07) is 18.2. The van der Waals surface area contributed by atoms with Gasteiger partial charge in [0.05, 0.1) is 12.4 Å². The van der Waals surface area contributed by atoms with E-state index in [0.717, 1.165) is 30.6 Å². The van der Waals surface area contributed by atoms with Crippen molar-refractivity contribution in [2.45, 2.75) is 18.9 Å². The van der Waals surface area contributed by atoms with Gasteiger partial charge < -0.3 is 9.47 Å². The molecule has 4 heteroatoms. The molecular weight excluding hydrogens is 298 g/mol. The van der Waals surface area contributed by atoms with Crippen LogP contribution in [0.5, 0.6) is 0 Å². The molecule has 1 atom stereocenters. The molecule has 4 nitrogen and oxygen atoms in total. The van der Waals surface area contributed by atoms with Gasteiger partial charge >= 0.3 is 0 Å². The van der Waals surface area contributed by atoms with Crippen molar-refractivity contribution in [3.05, 3.63) is 84.4 Å². The third-order valence-electron chi connectivity index (χ3n) is 4.61. The molecule has 2 heterocycles. The van der Waals surface area contributed by atoms with Crippen molar-refractivity contribution < 1.29 is 4.79 Å². The molecule has 1 fully saturated rings. The highest BCUT2D eigenvalue weighted by Gasteiger charge is 2.30. The molecule has 1 unspecified atom stereocenters. The number of aromatic nitrogens is 2. The second-order valence-corrected chi connectivity index (χ2v) is 6.08. The Hall–Kier alpha value is -2.88. The minimum Gasteiger partial charge on any atom is -0.332 e. The fourth-order valence-electron chi connectivity index (χ4n) is 3.39. The van der Waals surface area contributed by atoms with Crippen LogP contribution in [0.2, 0.25) is 0 Å². The molecule has 1 aliphatic heterocycles. The number of hydrogen-bond acceptors (Lipinski definition) is 2. The van der Waals surface area contributed by atoms with Crippen LogP contribution in [0.25, 0.3) is 5.69 Å². The number of likely N-dealkylation sites (tertiary alicyclic amines) is 1. The summed E-state index contributed by atoms with van der Waals surface area (Å²) in [5.74, 6) is 0.110. The molecule has 0 aliphatic carbocycles. The lowest BCUT2D eigenvalue weighted by Gasteiger charge is -2.25. The van der Waals surface area contributed by atoms with Crippen molar-refractivity contribution in [2.24, 2.45) is 0 Å². The molecular formula is C20H19N3O. The average molecular weight is 317 g/mol. The molecule has 1 saturated heterocycles. The standard InChI is InChI=1S/C20H19N3O/c24-20(17-8-10-18(11-9-17)22-14-12-21-15-22)23-13-4-7-19(23)16-5-2-1-3-6-16/h1-3,5-6,8-12,14-15,19H,4,7,13H2. The van der Waals surface area contributed by atoms with Crippen LogP contribution >= 0.6 is 0 Å². The van der Waals surface area contributed by atoms with Crippen molar-refractivity contribution in [2.75, 3.05) is 6.54 Å². The first-order valence-corrected chi connectivity index (χ1v) is 8.27. The highest BCUT2D eigenvalue weighted by atomic mass is 16.2. The molecule has 0 spiro atoms. The first kappa shape index (κ1) is 14.7. The summed E-state index contributed by atoms with van der Waals surface area (Å²) in [5.41, 5.74) is 2.96. The van der Waals surface area contributed by atoms with E-state index in [1.54, 1.807) is 12.5 Å². The fraction of sp³-hybridized carbons (Fsp3) is 0.200. The predicted octanol–water partition coefficient (Wildman–Crippen LogP) is 3.85.